The molecule has 28 heavy (non-hydrogen) atoms. The fourth-order valence-corrected chi connectivity index (χ4v) is 3.16. The Morgan fingerprint density at radius 3 is 2.57 bits per heavy atom. The Labute approximate surface area is 173 Å². The van der Waals surface area contributed by atoms with E-state index in [4.69, 9.17) is 10.5 Å². The number of hydrogen-bond acceptors (Lipinski definition) is 4. The molecule has 3 aromatic rings. The normalized spacial score (nSPS) is 10.9. The van der Waals surface area contributed by atoms with Crippen LogP contribution in [0.1, 0.15) is 47.6 Å². The largest absolute Gasteiger partial charge is 0.471 e. The second-order valence-electron chi connectivity index (χ2n) is 7.09. The molecule has 144 valence electrons. The number of ether oxygens (including phenoxy) is 1. The summed E-state index contributed by atoms with van der Waals surface area (Å²) in [6.07, 6.45) is 0. The molecule has 0 aliphatic heterocycles. The minimum Gasteiger partial charge on any atom is -0.471 e. The summed E-state index contributed by atoms with van der Waals surface area (Å²) in [6.45, 7) is 7.19. The molecule has 0 saturated carbocycles. The van der Waals surface area contributed by atoms with Gasteiger partial charge in [0.2, 0.25) is 0 Å². The van der Waals surface area contributed by atoms with Crippen LogP contribution in [0.25, 0.3) is 0 Å². The van der Waals surface area contributed by atoms with Gasteiger partial charge in [0.1, 0.15) is 18.5 Å². The fourth-order valence-electron chi connectivity index (χ4n) is 2.89. The fraction of sp³-hybridized carbons (Fsp3) is 0.273. The van der Waals surface area contributed by atoms with E-state index in [9.17, 15) is 5.26 Å². The Hall–Kier alpha value is -2.78. The number of nitrogens with zero attached hydrogens (tertiary/aromatic N) is 3. The van der Waals surface area contributed by atoms with Gasteiger partial charge in [-0.05, 0) is 47.2 Å². The maximum atomic E-state index is 9.51. The van der Waals surface area contributed by atoms with Crippen molar-refractivity contribution < 1.29 is 4.74 Å². The number of nitrogens with two attached hydrogens (primary N) is 1. The van der Waals surface area contributed by atoms with E-state index in [1.54, 1.807) is 4.68 Å². The van der Waals surface area contributed by atoms with Crippen LogP contribution < -0.4 is 10.5 Å². The molecule has 1 heterocycles. The first kappa shape index (κ1) is 20.0. The van der Waals surface area contributed by atoms with Gasteiger partial charge in [-0.25, -0.2) is 4.68 Å². The summed E-state index contributed by atoms with van der Waals surface area (Å²) >= 11 is 3.42. The number of hydrogen-bond donors (Lipinski definition) is 1. The van der Waals surface area contributed by atoms with E-state index >= 15 is 0 Å². The number of benzene rings is 2. The van der Waals surface area contributed by atoms with Crippen LogP contribution in [0.3, 0.4) is 0 Å². The SMILES string of the molecule is Cc1ccc(C(C)C)cc1COc1nn(Cc2ccc(Br)cc2)c(N)c1C#N. The predicted molar refractivity (Wildman–Crippen MR) is 114 cm³/mol. The molecule has 3 rings (SSSR count). The van der Waals surface area contributed by atoms with Crippen molar-refractivity contribution in [1.82, 2.24) is 9.78 Å². The lowest BCUT2D eigenvalue weighted by Crippen LogP contribution is -2.06. The molecule has 2 N–H and O–H groups in total. The maximum Gasteiger partial charge on any atom is 0.253 e. The number of aryl methyl sites for hydroxylation is 1. The van der Waals surface area contributed by atoms with Gasteiger partial charge in [0.05, 0.1) is 6.54 Å². The van der Waals surface area contributed by atoms with Gasteiger partial charge in [-0.15, -0.1) is 5.10 Å². The van der Waals surface area contributed by atoms with Crippen molar-refractivity contribution in [3.63, 3.8) is 0 Å². The summed E-state index contributed by atoms with van der Waals surface area (Å²) in [7, 11) is 0. The summed E-state index contributed by atoms with van der Waals surface area (Å²) in [5.41, 5.74) is 10.9. The molecule has 1 aromatic heterocycles. The lowest BCUT2D eigenvalue weighted by molar-refractivity contribution is 0.288. The van der Waals surface area contributed by atoms with Crippen LogP contribution in [0.15, 0.2) is 46.9 Å². The van der Waals surface area contributed by atoms with Crippen LogP contribution >= 0.6 is 15.9 Å². The van der Waals surface area contributed by atoms with Crippen LogP contribution in [0.4, 0.5) is 5.82 Å². The Balaban J connectivity index is 1.82. The smallest absolute Gasteiger partial charge is 0.253 e. The molecule has 0 aliphatic carbocycles. The first-order valence-corrected chi connectivity index (χ1v) is 9.91. The van der Waals surface area contributed by atoms with E-state index in [1.807, 2.05) is 24.3 Å². The highest BCUT2D eigenvalue weighted by Gasteiger charge is 2.17. The molecule has 0 unspecified atom stereocenters. The van der Waals surface area contributed by atoms with Crippen molar-refractivity contribution in [2.75, 3.05) is 5.73 Å². The van der Waals surface area contributed by atoms with E-state index < -0.39 is 0 Å². The van der Waals surface area contributed by atoms with Crippen molar-refractivity contribution in [2.45, 2.75) is 39.8 Å². The molecule has 5 nitrogen and oxygen atoms in total. The number of anilines is 1. The summed E-state index contributed by atoms with van der Waals surface area (Å²) in [5, 5.41) is 14.0. The zero-order chi connectivity index (χ0) is 20.3. The maximum absolute atomic E-state index is 9.51. The monoisotopic (exact) mass is 438 g/mol. The molecule has 0 saturated heterocycles. The van der Waals surface area contributed by atoms with E-state index in [2.05, 4.69) is 66.1 Å². The Morgan fingerprint density at radius 2 is 1.93 bits per heavy atom. The van der Waals surface area contributed by atoms with Gasteiger partial charge in [0, 0.05) is 4.47 Å². The van der Waals surface area contributed by atoms with Crippen molar-refractivity contribution in [1.29, 1.82) is 5.26 Å². The minimum atomic E-state index is 0.270. The zero-order valence-corrected chi connectivity index (χ0v) is 17.8. The highest BCUT2D eigenvalue weighted by atomic mass is 79.9. The Bertz CT molecular complexity index is 1020. The first-order chi connectivity index (χ1) is 13.4. The van der Waals surface area contributed by atoms with Gasteiger partial charge in [-0.1, -0.05) is 60.1 Å². The van der Waals surface area contributed by atoms with Gasteiger partial charge in [-0.2, -0.15) is 5.26 Å². The van der Waals surface area contributed by atoms with Gasteiger partial charge >= 0.3 is 0 Å². The molecule has 2 aromatic carbocycles. The van der Waals surface area contributed by atoms with Crippen molar-refractivity contribution in [2.24, 2.45) is 0 Å². The molecule has 0 atom stereocenters. The summed E-state index contributed by atoms with van der Waals surface area (Å²) < 4.78 is 8.52. The molecule has 0 radical (unpaired) electrons. The van der Waals surface area contributed by atoms with Crippen molar-refractivity contribution in [3.8, 4) is 11.9 Å². The number of nitrogen functional groups attached to an aromatic ring is 1. The average molecular weight is 439 g/mol. The average Bonchev–Trinajstić information content (AvgIpc) is 2.97. The van der Waals surface area contributed by atoms with E-state index in [0.717, 1.165) is 21.2 Å². The van der Waals surface area contributed by atoms with Crippen LogP contribution in [0.5, 0.6) is 5.88 Å². The predicted octanol–water partition coefficient (Wildman–Crippen LogP) is 5.16. The topological polar surface area (TPSA) is 76.9 Å². The van der Waals surface area contributed by atoms with Gasteiger partial charge in [0.15, 0.2) is 5.56 Å². The molecule has 6 heteroatoms. The number of halogens is 1. The number of rotatable bonds is 6. The van der Waals surface area contributed by atoms with Crippen LogP contribution in [0.2, 0.25) is 0 Å². The van der Waals surface area contributed by atoms with Crippen LogP contribution in [0, 0.1) is 18.3 Å². The van der Waals surface area contributed by atoms with Gasteiger partial charge in [0.25, 0.3) is 5.88 Å². The van der Waals surface area contributed by atoms with Crippen molar-refractivity contribution in [3.05, 3.63) is 74.8 Å². The van der Waals surface area contributed by atoms with E-state index in [-0.39, 0.29) is 11.4 Å². The number of nitriles is 1. The van der Waals surface area contributed by atoms with Gasteiger partial charge < -0.3 is 10.5 Å². The minimum absolute atomic E-state index is 0.270. The molecule has 0 aliphatic rings. The lowest BCUT2D eigenvalue weighted by atomic mass is 9.98. The molecule has 0 spiro atoms. The van der Waals surface area contributed by atoms with E-state index in [1.165, 1.54) is 5.56 Å². The molecule has 0 bridgehead atoms. The second-order valence-corrected chi connectivity index (χ2v) is 8.01. The molecule has 0 fully saturated rings. The third kappa shape index (κ3) is 4.37. The molecule has 0 amide bonds. The Morgan fingerprint density at radius 1 is 1.21 bits per heavy atom. The standard InChI is InChI=1S/C22H23BrN4O/c1-14(2)17-7-4-15(3)18(10-17)13-28-22-20(11-24)21(25)27(26-22)12-16-5-8-19(23)9-6-16/h4-10,14H,12-13,25H2,1-3H3. The van der Waals surface area contributed by atoms with E-state index in [0.29, 0.717) is 24.9 Å². The third-order valence-electron chi connectivity index (χ3n) is 4.72. The van der Waals surface area contributed by atoms with Crippen molar-refractivity contribution >= 4 is 21.7 Å². The van der Waals surface area contributed by atoms with Crippen LogP contribution in [-0.4, -0.2) is 9.78 Å². The Kier molecular flexibility index (Phi) is 6.05. The highest BCUT2D eigenvalue weighted by molar-refractivity contribution is 9.10. The number of aromatic nitrogens is 2. The van der Waals surface area contributed by atoms with Gasteiger partial charge in [-0.3, -0.25) is 0 Å². The lowest BCUT2D eigenvalue weighted by Gasteiger charge is -2.11. The summed E-state index contributed by atoms with van der Waals surface area (Å²) in [4.78, 5) is 0. The molecular formula is C22H23BrN4O. The first-order valence-electron chi connectivity index (χ1n) is 9.12. The molecular weight excluding hydrogens is 416 g/mol. The van der Waals surface area contributed by atoms with Crippen LogP contribution in [-0.2, 0) is 13.2 Å². The second kappa shape index (κ2) is 8.49. The zero-order valence-electron chi connectivity index (χ0n) is 16.2. The summed E-state index contributed by atoms with van der Waals surface area (Å²) in [5.74, 6) is 1.02. The summed E-state index contributed by atoms with van der Waals surface area (Å²) in [6, 6.07) is 16.4. The third-order valence-corrected chi connectivity index (χ3v) is 5.25. The quantitative estimate of drug-likeness (QED) is 0.576. The highest BCUT2D eigenvalue weighted by Crippen LogP contribution is 2.26.